The van der Waals surface area contributed by atoms with Gasteiger partial charge in [-0.15, -0.1) is 0 Å². The summed E-state index contributed by atoms with van der Waals surface area (Å²) < 4.78 is 119. The molecule has 0 aliphatic heterocycles. The lowest BCUT2D eigenvalue weighted by Gasteiger charge is -2.29. The van der Waals surface area contributed by atoms with Gasteiger partial charge in [-0.25, -0.2) is 12.6 Å². The molecule has 122 valence electrons. The second-order valence-corrected chi connectivity index (χ2v) is 6.82. The van der Waals surface area contributed by atoms with Gasteiger partial charge in [0.2, 0.25) is 6.10 Å². The van der Waals surface area contributed by atoms with Crippen molar-refractivity contribution in [3.8, 4) is 0 Å². The van der Waals surface area contributed by atoms with Crippen molar-refractivity contribution in [1.82, 2.24) is 0 Å². The summed E-state index contributed by atoms with van der Waals surface area (Å²) in [5.74, 6) is -1.02. The molecule has 0 bridgehead atoms. The van der Waals surface area contributed by atoms with Crippen LogP contribution in [-0.2, 0) is 24.4 Å². The molecule has 0 radical (unpaired) electrons. The maximum atomic E-state index is 12.9. The largest absolute Gasteiger partial charge is 0.743 e. The fourth-order valence-electron chi connectivity index (χ4n) is 0.948. The number of hydrogen-bond donors (Lipinski definition) is 0. The van der Waals surface area contributed by atoms with Crippen molar-refractivity contribution >= 4 is 20.2 Å². The van der Waals surface area contributed by atoms with E-state index in [0.717, 1.165) is 0 Å². The quantitative estimate of drug-likeness (QED) is 0.389. The number of unbranched alkanes of at least 4 members (excludes halogenated alkanes) is 1. The van der Waals surface area contributed by atoms with Crippen LogP contribution in [0.25, 0.3) is 0 Å². The number of alkyl halides is 5. The molecule has 1 atom stereocenters. The van der Waals surface area contributed by atoms with Gasteiger partial charge in [-0.1, -0.05) is 13.3 Å². The van der Waals surface area contributed by atoms with Crippen LogP contribution in [0.5, 0.6) is 0 Å². The molecule has 0 aromatic heterocycles. The minimum Gasteiger partial charge on any atom is -0.743 e. The minimum atomic E-state index is -6.77. The van der Waals surface area contributed by atoms with Gasteiger partial charge in [0.25, 0.3) is 10.1 Å². The first-order valence-corrected chi connectivity index (χ1v) is 7.94. The van der Waals surface area contributed by atoms with Crippen molar-refractivity contribution in [2.24, 2.45) is 0 Å². The van der Waals surface area contributed by atoms with Gasteiger partial charge in [0, 0.05) is 0 Å². The Kier molecular flexibility index (Phi) is 5.91. The fourth-order valence-corrected chi connectivity index (χ4v) is 2.71. The van der Waals surface area contributed by atoms with E-state index in [1.807, 2.05) is 0 Å². The van der Waals surface area contributed by atoms with E-state index >= 15 is 0 Å². The standard InChI is InChI=1S/C7H11F5O6S2/c1-2-3-4-19(13,14)18-5(6(8,9)10)7(11,12)20(15,16)17/h5H,2-4H2,1H3,(H,15,16,17)/p-1. The van der Waals surface area contributed by atoms with E-state index in [9.17, 15) is 43.3 Å². The Labute approximate surface area is 111 Å². The van der Waals surface area contributed by atoms with Crippen molar-refractivity contribution < 1.29 is 47.5 Å². The third-order valence-electron chi connectivity index (χ3n) is 1.93. The Balaban J connectivity index is 5.55. The maximum Gasteiger partial charge on any atom is 0.423 e. The van der Waals surface area contributed by atoms with Crippen molar-refractivity contribution in [3.63, 3.8) is 0 Å². The van der Waals surface area contributed by atoms with E-state index in [-0.39, 0.29) is 12.8 Å². The Bertz CT molecular complexity index is 522. The molecule has 0 aliphatic carbocycles. The topological polar surface area (TPSA) is 101 Å². The van der Waals surface area contributed by atoms with Crippen molar-refractivity contribution in [2.45, 2.75) is 37.3 Å². The fraction of sp³-hybridized carbons (Fsp3) is 1.00. The summed E-state index contributed by atoms with van der Waals surface area (Å²) in [4.78, 5) is 0. The highest BCUT2D eigenvalue weighted by Crippen LogP contribution is 2.38. The van der Waals surface area contributed by atoms with Crippen LogP contribution in [-0.4, -0.2) is 44.7 Å². The van der Waals surface area contributed by atoms with Gasteiger partial charge < -0.3 is 4.55 Å². The second kappa shape index (κ2) is 6.07. The SMILES string of the molecule is CCCCS(=O)(=O)OC(C(F)(F)F)C(F)(F)S(=O)(=O)[O-]. The molecule has 0 fully saturated rings. The zero-order valence-electron chi connectivity index (χ0n) is 9.85. The lowest BCUT2D eigenvalue weighted by molar-refractivity contribution is -0.238. The van der Waals surface area contributed by atoms with Gasteiger partial charge in [-0.3, -0.25) is 0 Å². The molecule has 0 aliphatic rings. The first kappa shape index (κ1) is 19.5. The minimum absolute atomic E-state index is 0.192. The van der Waals surface area contributed by atoms with Gasteiger partial charge in [-0.2, -0.15) is 30.4 Å². The molecule has 1 unspecified atom stereocenters. The van der Waals surface area contributed by atoms with E-state index in [2.05, 4.69) is 4.18 Å². The highest BCUT2D eigenvalue weighted by Gasteiger charge is 2.62. The highest BCUT2D eigenvalue weighted by atomic mass is 32.2. The zero-order chi connectivity index (χ0) is 16.4. The van der Waals surface area contributed by atoms with E-state index in [4.69, 9.17) is 0 Å². The van der Waals surface area contributed by atoms with Crippen molar-refractivity contribution in [2.75, 3.05) is 5.75 Å². The number of rotatable bonds is 7. The number of halogens is 5. The molecule has 0 saturated heterocycles. The number of hydrogen-bond acceptors (Lipinski definition) is 6. The molecule has 0 aromatic rings. The Hall–Kier alpha value is -0.530. The van der Waals surface area contributed by atoms with E-state index in [1.165, 1.54) is 6.92 Å². The molecule has 0 rings (SSSR count). The molecule has 0 N–H and O–H groups in total. The third-order valence-corrected chi connectivity index (χ3v) is 4.08. The molecule has 0 aromatic carbocycles. The molecule has 13 heteroatoms. The molecule has 20 heavy (non-hydrogen) atoms. The first-order valence-electron chi connectivity index (χ1n) is 4.96. The van der Waals surface area contributed by atoms with Crippen LogP contribution < -0.4 is 0 Å². The third kappa shape index (κ3) is 5.10. The summed E-state index contributed by atoms with van der Waals surface area (Å²) in [5, 5.41) is -5.97. The Morgan fingerprint density at radius 2 is 1.55 bits per heavy atom. The van der Waals surface area contributed by atoms with E-state index < -0.39 is 43.5 Å². The van der Waals surface area contributed by atoms with E-state index in [0.29, 0.717) is 0 Å². The zero-order valence-corrected chi connectivity index (χ0v) is 11.5. The Morgan fingerprint density at radius 3 is 1.85 bits per heavy atom. The lowest BCUT2D eigenvalue weighted by Crippen LogP contribution is -2.52. The van der Waals surface area contributed by atoms with Gasteiger partial charge in [0.1, 0.15) is 0 Å². The second-order valence-electron chi connectivity index (χ2n) is 3.65. The van der Waals surface area contributed by atoms with Gasteiger partial charge in [0.15, 0.2) is 10.1 Å². The van der Waals surface area contributed by atoms with Crippen LogP contribution >= 0.6 is 0 Å². The molecular formula is C7H10F5O6S2-. The monoisotopic (exact) mass is 349 g/mol. The van der Waals surface area contributed by atoms with Crippen molar-refractivity contribution in [1.29, 1.82) is 0 Å². The predicted octanol–water partition coefficient (Wildman–Crippen LogP) is 1.20. The molecule has 0 heterocycles. The summed E-state index contributed by atoms with van der Waals surface area (Å²) >= 11 is 0. The summed E-state index contributed by atoms with van der Waals surface area (Å²) in [6, 6.07) is 0. The molecular weight excluding hydrogens is 339 g/mol. The normalized spacial score (nSPS) is 16.1. The molecule has 0 amide bonds. The smallest absolute Gasteiger partial charge is 0.423 e. The average molecular weight is 349 g/mol. The molecule has 0 spiro atoms. The van der Waals surface area contributed by atoms with Crippen LogP contribution in [0.2, 0.25) is 0 Å². The molecule has 6 nitrogen and oxygen atoms in total. The Morgan fingerprint density at radius 1 is 1.10 bits per heavy atom. The maximum absolute atomic E-state index is 12.9. The van der Waals surface area contributed by atoms with E-state index in [1.54, 1.807) is 0 Å². The van der Waals surface area contributed by atoms with Gasteiger partial charge >= 0.3 is 11.4 Å². The summed E-state index contributed by atoms with van der Waals surface area (Å²) in [7, 11) is -11.8. The van der Waals surface area contributed by atoms with Crippen LogP contribution in [0.1, 0.15) is 19.8 Å². The van der Waals surface area contributed by atoms with Gasteiger partial charge in [0.05, 0.1) is 5.75 Å². The summed E-state index contributed by atoms with van der Waals surface area (Å²) in [6.07, 6.45) is -10.6. The highest BCUT2D eigenvalue weighted by molar-refractivity contribution is 7.87. The van der Waals surface area contributed by atoms with Crippen LogP contribution in [0, 0.1) is 0 Å². The summed E-state index contributed by atoms with van der Waals surface area (Å²) in [5.41, 5.74) is 0. The van der Waals surface area contributed by atoms with Gasteiger partial charge in [-0.05, 0) is 6.42 Å². The van der Waals surface area contributed by atoms with Crippen LogP contribution in [0.4, 0.5) is 22.0 Å². The molecule has 0 saturated carbocycles. The summed E-state index contributed by atoms with van der Waals surface area (Å²) in [6.45, 7) is 1.47. The lowest BCUT2D eigenvalue weighted by atomic mass is 10.4. The first-order chi connectivity index (χ1) is 8.65. The predicted molar refractivity (Wildman–Crippen MR) is 54.3 cm³/mol. The average Bonchev–Trinajstić information content (AvgIpc) is 2.20. The van der Waals surface area contributed by atoms with Crippen molar-refractivity contribution in [3.05, 3.63) is 0 Å². The van der Waals surface area contributed by atoms with Crippen LogP contribution in [0.3, 0.4) is 0 Å². The van der Waals surface area contributed by atoms with Crippen LogP contribution in [0.15, 0.2) is 0 Å².